The highest BCUT2D eigenvalue weighted by atomic mass is 16.5. The Labute approximate surface area is 124 Å². The minimum absolute atomic E-state index is 0.221. The normalized spacial score (nSPS) is 16.7. The summed E-state index contributed by atoms with van der Waals surface area (Å²) in [7, 11) is 0. The van der Waals surface area contributed by atoms with Crippen LogP contribution in [0.1, 0.15) is 62.1 Å². The molecule has 0 bridgehead atoms. The van der Waals surface area contributed by atoms with Crippen LogP contribution in [0.4, 0.5) is 0 Å². The van der Waals surface area contributed by atoms with E-state index in [1.807, 2.05) is 6.92 Å². The number of nitrogens with zero attached hydrogens (tertiary/aromatic N) is 1. The summed E-state index contributed by atoms with van der Waals surface area (Å²) in [5.74, 6) is -0.803. The number of carbonyl (C=O) groups is 2. The number of nitrogens with one attached hydrogen (secondary N) is 2. The molecule has 1 amide bonds. The van der Waals surface area contributed by atoms with E-state index in [1.165, 1.54) is 0 Å². The summed E-state index contributed by atoms with van der Waals surface area (Å²) in [5.41, 5.74) is 1.12. The Morgan fingerprint density at radius 1 is 1.48 bits per heavy atom. The van der Waals surface area contributed by atoms with E-state index in [1.54, 1.807) is 13.0 Å². The fourth-order valence-electron chi connectivity index (χ4n) is 2.53. The van der Waals surface area contributed by atoms with Gasteiger partial charge < -0.3 is 10.1 Å². The number of H-pyrrole nitrogens is 1. The van der Waals surface area contributed by atoms with Gasteiger partial charge in [-0.2, -0.15) is 5.10 Å². The molecule has 0 radical (unpaired) electrons. The Balaban J connectivity index is 1.83. The smallest absolute Gasteiger partial charge is 0.359 e. The van der Waals surface area contributed by atoms with Crippen molar-refractivity contribution in [3.63, 3.8) is 0 Å². The van der Waals surface area contributed by atoms with Crippen molar-refractivity contribution in [1.29, 1.82) is 0 Å². The number of aromatic amines is 1. The molecule has 6 heteroatoms. The molecule has 116 valence electrons. The first-order valence-electron chi connectivity index (χ1n) is 7.65. The number of aromatic nitrogens is 2. The van der Waals surface area contributed by atoms with Gasteiger partial charge in [-0.1, -0.05) is 26.2 Å². The first-order chi connectivity index (χ1) is 10.1. The zero-order valence-electron chi connectivity index (χ0n) is 12.6. The summed E-state index contributed by atoms with van der Waals surface area (Å²) >= 11 is 0. The fraction of sp³-hybridized carbons (Fsp3) is 0.667. The van der Waals surface area contributed by atoms with Crippen LogP contribution in [-0.2, 0) is 16.0 Å². The Bertz CT molecular complexity index is 492. The molecule has 1 unspecified atom stereocenters. The molecule has 2 rings (SSSR count). The van der Waals surface area contributed by atoms with Crippen molar-refractivity contribution >= 4 is 11.9 Å². The van der Waals surface area contributed by atoms with E-state index in [-0.39, 0.29) is 17.6 Å². The highest BCUT2D eigenvalue weighted by molar-refractivity contribution is 5.90. The van der Waals surface area contributed by atoms with E-state index in [0.29, 0.717) is 0 Å². The van der Waals surface area contributed by atoms with Crippen LogP contribution in [0.2, 0.25) is 0 Å². The average molecular weight is 293 g/mol. The van der Waals surface area contributed by atoms with Crippen LogP contribution >= 0.6 is 0 Å². The lowest BCUT2D eigenvalue weighted by Gasteiger charge is -2.16. The van der Waals surface area contributed by atoms with Crippen LogP contribution in [0.3, 0.4) is 0 Å². The largest absolute Gasteiger partial charge is 0.448 e. The van der Waals surface area contributed by atoms with Gasteiger partial charge in [0.15, 0.2) is 11.8 Å². The maximum atomic E-state index is 12.0. The lowest BCUT2D eigenvalue weighted by molar-refractivity contribution is -0.129. The van der Waals surface area contributed by atoms with Gasteiger partial charge in [0.1, 0.15) is 0 Å². The molecule has 1 aliphatic carbocycles. The predicted octanol–water partition coefficient (Wildman–Crippen LogP) is 1.97. The average Bonchev–Trinajstić information content (AvgIpc) is 3.10. The van der Waals surface area contributed by atoms with Crippen molar-refractivity contribution in [1.82, 2.24) is 15.5 Å². The summed E-state index contributed by atoms with van der Waals surface area (Å²) in [5, 5.41) is 9.63. The van der Waals surface area contributed by atoms with Crippen LogP contribution in [0.15, 0.2) is 6.07 Å². The highest BCUT2D eigenvalue weighted by Crippen LogP contribution is 2.17. The molecular formula is C15H23N3O3. The minimum atomic E-state index is -0.801. The van der Waals surface area contributed by atoms with E-state index in [2.05, 4.69) is 15.5 Å². The second-order valence-corrected chi connectivity index (χ2v) is 5.57. The minimum Gasteiger partial charge on any atom is -0.448 e. The summed E-state index contributed by atoms with van der Waals surface area (Å²) in [6, 6.07) is 1.90. The highest BCUT2D eigenvalue weighted by Gasteiger charge is 2.24. The third kappa shape index (κ3) is 4.31. The van der Waals surface area contributed by atoms with E-state index in [9.17, 15) is 9.59 Å². The van der Waals surface area contributed by atoms with Gasteiger partial charge in [0, 0.05) is 11.7 Å². The van der Waals surface area contributed by atoms with Crippen molar-refractivity contribution in [3.05, 3.63) is 17.5 Å². The number of amides is 1. The summed E-state index contributed by atoms with van der Waals surface area (Å²) in [6.07, 6.45) is 5.30. The molecule has 1 aliphatic rings. The van der Waals surface area contributed by atoms with Gasteiger partial charge in [0.25, 0.3) is 5.91 Å². The molecule has 1 atom stereocenters. The van der Waals surface area contributed by atoms with Gasteiger partial charge >= 0.3 is 5.97 Å². The molecule has 1 fully saturated rings. The zero-order chi connectivity index (χ0) is 15.2. The van der Waals surface area contributed by atoms with E-state index >= 15 is 0 Å². The molecule has 0 aromatic carbocycles. The van der Waals surface area contributed by atoms with Crippen molar-refractivity contribution < 1.29 is 14.3 Å². The molecule has 0 saturated heterocycles. The predicted molar refractivity (Wildman–Crippen MR) is 77.9 cm³/mol. The van der Waals surface area contributed by atoms with Crippen LogP contribution in [0.25, 0.3) is 0 Å². The monoisotopic (exact) mass is 293 g/mol. The standard InChI is InChI=1S/C15H23N3O3/c1-3-6-12-9-13(18-17-12)15(20)21-10(2)14(19)16-11-7-4-5-8-11/h9-11H,3-8H2,1-2H3,(H,16,19)(H,17,18). The molecule has 0 spiro atoms. The molecule has 1 aromatic heterocycles. The number of ether oxygens (including phenoxy) is 1. The Morgan fingerprint density at radius 3 is 2.86 bits per heavy atom. The van der Waals surface area contributed by atoms with Crippen molar-refractivity contribution in [2.75, 3.05) is 0 Å². The van der Waals surface area contributed by atoms with Gasteiger partial charge in [0.05, 0.1) is 0 Å². The molecule has 1 heterocycles. The topological polar surface area (TPSA) is 84.1 Å². The first-order valence-corrected chi connectivity index (χ1v) is 7.65. The van der Waals surface area contributed by atoms with Crippen molar-refractivity contribution in [2.45, 2.75) is 64.5 Å². The number of hydrogen-bond donors (Lipinski definition) is 2. The summed E-state index contributed by atoms with van der Waals surface area (Å²) < 4.78 is 5.17. The lowest BCUT2D eigenvalue weighted by Crippen LogP contribution is -2.40. The second kappa shape index (κ2) is 7.24. The zero-order valence-corrected chi connectivity index (χ0v) is 12.6. The second-order valence-electron chi connectivity index (χ2n) is 5.57. The SMILES string of the molecule is CCCc1cc(C(=O)OC(C)C(=O)NC2CCCC2)n[nH]1. The number of rotatable bonds is 6. The van der Waals surface area contributed by atoms with Crippen molar-refractivity contribution in [3.8, 4) is 0 Å². The van der Waals surface area contributed by atoms with Crippen LogP contribution in [0.5, 0.6) is 0 Å². The van der Waals surface area contributed by atoms with Gasteiger partial charge in [-0.25, -0.2) is 4.79 Å². The molecule has 1 aromatic rings. The van der Waals surface area contributed by atoms with Crippen LogP contribution in [-0.4, -0.2) is 34.2 Å². The third-order valence-corrected chi connectivity index (χ3v) is 3.71. The van der Waals surface area contributed by atoms with E-state index < -0.39 is 12.1 Å². The Hall–Kier alpha value is -1.85. The van der Waals surface area contributed by atoms with Crippen molar-refractivity contribution in [2.24, 2.45) is 0 Å². The Morgan fingerprint density at radius 2 is 2.19 bits per heavy atom. The van der Waals surface area contributed by atoms with Crippen LogP contribution < -0.4 is 5.32 Å². The lowest BCUT2D eigenvalue weighted by atomic mass is 10.2. The number of hydrogen-bond acceptors (Lipinski definition) is 4. The van der Waals surface area contributed by atoms with Crippen LogP contribution in [0, 0.1) is 0 Å². The first kappa shape index (κ1) is 15.5. The number of aryl methyl sites for hydroxylation is 1. The molecule has 1 saturated carbocycles. The van der Waals surface area contributed by atoms with Gasteiger partial charge in [-0.15, -0.1) is 0 Å². The quantitative estimate of drug-likeness (QED) is 0.785. The Kier molecular flexibility index (Phi) is 5.36. The molecule has 2 N–H and O–H groups in total. The summed E-state index contributed by atoms with van der Waals surface area (Å²) in [4.78, 5) is 23.9. The van der Waals surface area contributed by atoms with Gasteiger partial charge in [-0.05, 0) is 32.3 Å². The van der Waals surface area contributed by atoms with E-state index in [4.69, 9.17) is 4.74 Å². The maximum absolute atomic E-state index is 12.0. The van der Waals surface area contributed by atoms with Gasteiger partial charge in [0.2, 0.25) is 0 Å². The summed E-state index contributed by atoms with van der Waals surface area (Å²) in [6.45, 7) is 3.63. The number of esters is 1. The maximum Gasteiger partial charge on any atom is 0.359 e. The fourth-order valence-corrected chi connectivity index (χ4v) is 2.53. The third-order valence-electron chi connectivity index (χ3n) is 3.71. The number of carbonyl (C=O) groups excluding carboxylic acids is 2. The molecule has 6 nitrogen and oxygen atoms in total. The molecule has 21 heavy (non-hydrogen) atoms. The van der Waals surface area contributed by atoms with Gasteiger partial charge in [-0.3, -0.25) is 9.89 Å². The molecule has 0 aliphatic heterocycles. The van der Waals surface area contributed by atoms with E-state index in [0.717, 1.165) is 44.2 Å². The molecular weight excluding hydrogens is 270 g/mol.